The van der Waals surface area contributed by atoms with E-state index in [-0.39, 0.29) is 6.61 Å². The number of hydrogen-bond acceptors (Lipinski definition) is 3. The van der Waals surface area contributed by atoms with Gasteiger partial charge in [0.05, 0.1) is 0 Å². The molecule has 19 heavy (non-hydrogen) atoms. The first kappa shape index (κ1) is 13.6. The zero-order valence-corrected chi connectivity index (χ0v) is 11.1. The maximum Gasteiger partial charge on any atom is 0.132 e. The van der Waals surface area contributed by atoms with Gasteiger partial charge < -0.3 is 15.6 Å². The van der Waals surface area contributed by atoms with Gasteiger partial charge in [-0.25, -0.2) is 0 Å². The molecule has 2 aromatic carbocycles. The number of aliphatic hydroxyl groups is 1. The van der Waals surface area contributed by atoms with E-state index in [4.69, 9.17) is 15.6 Å². The SMILES string of the molecule is Cc1ccc(CN)c(Oc2ccc(CCO)cc2)c1. The largest absolute Gasteiger partial charge is 0.457 e. The lowest BCUT2D eigenvalue weighted by molar-refractivity contribution is 0.299. The molecule has 0 atom stereocenters. The van der Waals surface area contributed by atoms with Gasteiger partial charge in [0.25, 0.3) is 0 Å². The molecule has 2 rings (SSSR count). The van der Waals surface area contributed by atoms with E-state index in [1.54, 1.807) is 0 Å². The van der Waals surface area contributed by atoms with Gasteiger partial charge in [-0.3, -0.25) is 0 Å². The molecule has 0 aliphatic rings. The Kier molecular flexibility index (Phi) is 4.55. The number of ether oxygens (including phenoxy) is 1. The molecule has 0 aliphatic heterocycles. The highest BCUT2D eigenvalue weighted by atomic mass is 16.5. The van der Waals surface area contributed by atoms with E-state index >= 15 is 0 Å². The summed E-state index contributed by atoms with van der Waals surface area (Å²) in [7, 11) is 0. The molecule has 0 heterocycles. The molecule has 0 amide bonds. The highest BCUT2D eigenvalue weighted by molar-refractivity contribution is 5.41. The minimum absolute atomic E-state index is 0.162. The van der Waals surface area contributed by atoms with Gasteiger partial charge >= 0.3 is 0 Å². The van der Waals surface area contributed by atoms with Crippen molar-refractivity contribution >= 4 is 0 Å². The third-order valence-corrected chi connectivity index (χ3v) is 2.99. The van der Waals surface area contributed by atoms with Crippen molar-refractivity contribution in [3.63, 3.8) is 0 Å². The number of rotatable bonds is 5. The summed E-state index contributed by atoms with van der Waals surface area (Å²) in [5.74, 6) is 1.58. The van der Waals surface area contributed by atoms with Crippen LogP contribution in [0.3, 0.4) is 0 Å². The van der Waals surface area contributed by atoms with Crippen LogP contribution in [0.5, 0.6) is 11.5 Å². The number of benzene rings is 2. The van der Waals surface area contributed by atoms with Crippen LogP contribution in [0.4, 0.5) is 0 Å². The van der Waals surface area contributed by atoms with Gasteiger partial charge in [-0.2, -0.15) is 0 Å². The third-order valence-electron chi connectivity index (χ3n) is 2.99. The Hall–Kier alpha value is -1.84. The fraction of sp³-hybridized carbons (Fsp3) is 0.250. The average molecular weight is 257 g/mol. The first-order valence-electron chi connectivity index (χ1n) is 6.40. The smallest absolute Gasteiger partial charge is 0.132 e. The molecule has 2 aromatic rings. The van der Waals surface area contributed by atoms with Crippen molar-refractivity contribution in [2.24, 2.45) is 5.73 Å². The minimum atomic E-state index is 0.162. The highest BCUT2D eigenvalue weighted by Gasteiger charge is 2.04. The maximum absolute atomic E-state index is 8.88. The van der Waals surface area contributed by atoms with Gasteiger partial charge in [-0.15, -0.1) is 0 Å². The van der Waals surface area contributed by atoms with Crippen LogP contribution in [0.1, 0.15) is 16.7 Å². The molecular weight excluding hydrogens is 238 g/mol. The van der Waals surface area contributed by atoms with Crippen molar-refractivity contribution < 1.29 is 9.84 Å². The van der Waals surface area contributed by atoms with E-state index in [0.29, 0.717) is 13.0 Å². The Morgan fingerprint density at radius 1 is 1.11 bits per heavy atom. The summed E-state index contributed by atoms with van der Waals surface area (Å²) in [5, 5.41) is 8.88. The van der Waals surface area contributed by atoms with Gasteiger partial charge in [0.1, 0.15) is 11.5 Å². The lowest BCUT2D eigenvalue weighted by atomic mass is 10.1. The van der Waals surface area contributed by atoms with Gasteiger partial charge in [-0.05, 0) is 42.7 Å². The van der Waals surface area contributed by atoms with E-state index in [0.717, 1.165) is 28.2 Å². The highest BCUT2D eigenvalue weighted by Crippen LogP contribution is 2.26. The predicted molar refractivity (Wildman–Crippen MR) is 76.4 cm³/mol. The van der Waals surface area contributed by atoms with Crippen molar-refractivity contribution in [3.8, 4) is 11.5 Å². The van der Waals surface area contributed by atoms with E-state index < -0.39 is 0 Å². The Labute approximate surface area is 113 Å². The van der Waals surface area contributed by atoms with Gasteiger partial charge in [0, 0.05) is 18.7 Å². The summed E-state index contributed by atoms with van der Waals surface area (Å²) in [6, 6.07) is 13.8. The van der Waals surface area contributed by atoms with Gasteiger partial charge in [-0.1, -0.05) is 24.3 Å². The fourth-order valence-corrected chi connectivity index (χ4v) is 1.91. The molecule has 3 N–H and O–H groups in total. The Morgan fingerprint density at radius 3 is 2.47 bits per heavy atom. The van der Waals surface area contributed by atoms with Crippen molar-refractivity contribution in [2.75, 3.05) is 6.61 Å². The second-order valence-electron chi connectivity index (χ2n) is 4.53. The molecular formula is C16H19NO2. The Balaban J connectivity index is 2.18. The standard InChI is InChI=1S/C16H19NO2/c1-12-2-5-14(11-17)16(10-12)19-15-6-3-13(4-7-15)8-9-18/h2-7,10,18H,8-9,11,17H2,1H3. The van der Waals surface area contributed by atoms with Gasteiger partial charge in [0.2, 0.25) is 0 Å². The molecule has 0 aromatic heterocycles. The summed E-state index contributed by atoms with van der Waals surface area (Å²) >= 11 is 0. The Bertz CT molecular complexity index is 535. The fourth-order valence-electron chi connectivity index (χ4n) is 1.91. The van der Waals surface area contributed by atoms with Crippen molar-refractivity contribution in [1.29, 1.82) is 0 Å². The van der Waals surface area contributed by atoms with E-state index in [1.165, 1.54) is 0 Å². The normalized spacial score (nSPS) is 10.5. The zero-order valence-electron chi connectivity index (χ0n) is 11.1. The van der Waals surface area contributed by atoms with Crippen LogP contribution >= 0.6 is 0 Å². The van der Waals surface area contributed by atoms with Crippen LogP contribution in [0, 0.1) is 6.92 Å². The summed E-state index contributed by atoms with van der Waals surface area (Å²) in [5.41, 5.74) is 8.94. The number of nitrogens with two attached hydrogens (primary N) is 1. The lowest BCUT2D eigenvalue weighted by Crippen LogP contribution is -1.99. The number of hydrogen-bond donors (Lipinski definition) is 2. The first-order valence-corrected chi connectivity index (χ1v) is 6.40. The number of aliphatic hydroxyl groups excluding tert-OH is 1. The average Bonchev–Trinajstić information content (AvgIpc) is 2.42. The summed E-state index contributed by atoms with van der Waals surface area (Å²) in [6.07, 6.45) is 0.665. The second-order valence-corrected chi connectivity index (χ2v) is 4.53. The minimum Gasteiger partial charge on any atom is -0.457 e. The van der Waals surface area contributed by atoms with Crippen LogP contribution in [0.15, 0.2) is 42.5 Å². The monoisotopic (exact) mass is 257 g/mol. The van der Waals surface area contributed by atoms with Crippen LogP contribution < -0.4 is 10.5 Å². The summed E-state index contributed by atoms with van der Waals surface area (Å²) in [6.45, 7) is 2.64. The molecule has 0 aliphatic carbocycles. The van der Waals surface area contributed by atoms with Crippen LogP contribution in [0.25, 0.3) is 0 Å². The third kappa shape index (κ3) is 3.56. The molecule has 0 saturated carbocycles. The molecule has 3 nitrogen and oxygen atoms in total. The molecule has 0 radical (unpaired) electrons. The molecule has 3 heteroatoms. The second kappa shape index (κ2) is 6.36. The van der Waals surface area contributed by atoms with Crippen LogP contribution in [-0.2, 0) is 13.0 Å². The summed E-state index contributed by atoms with van der Waals surface area (Å²) in [4.78, 5) is 0. The van der Waals surface area contributed by atoms with Gasteiger partial charge in [0.15, 0.2) is 0 Å². The maximum atomic E-state index is 8.88. The Morgan fingerprint density at radius 2 is 1.84 bits per heavy atom. The zero-order chi connectivity index (χ0) is 13.7. The lowest BCUT2D eigenvalue weighted by Gasteiger charge is -2.11. The summed E-state index contributed by atoms with van der Waals surface area (Å²) < 4.78 is 5.87. The molecule has 100 valence electrons. The molecule has 0 saturated heterocycles. The van der Waals surface area contributed by atoms with Crippen molar-refractivity contribution in [3.05, 3.63) is 59.2 Å². The predicted octanol–water partition coefficient (Wildman–Crippen LogP) is 2.78. The molecule has 0 bridgehead atoms. The van der Waals surface area contributed by atoms with Crippen LogP contribution in [-0.4, -0.2) is 11.7 Å². The molecule has 0 fully saturated rings. The number of aryl methyl sites for hydroxylation is 1. The van der Waals surface area contributed by atoms with Crippen molar-refractivity contribution in [1.82, 2.24) is 0 Å². The van der Waals surface area contributed by atoms with Crippen LogP contribution in [0.2, 0.25) is 0 Å². The molecule has 0 unspecified atom stereocenters. The van der Waals surface area contributed by atoms with Crippen molar-refractivity contribution in [2.45, 2.75) is 19.9 Å². The van der Waals surface area contributed by atoms with E-state index in [9.17, 15) is 0 Å². The van der Waals surface area contributed by atoms with E-state index in [1.807, 2.05) is 49.4 Å². The quantitative estimate of drug-likeness (QED) is 0.866. The topological polar surface area (TPSA) is 55.5 Å². The first-order chi connectivity index (χ1) is 9.22. The van der Waals surface area contributed by atoms with E-state index in [2.05, 4.69) is 0 Å². The molecule has 0 spiro atoms.